The van der Waals surface area contributed by atoms with Crippen LogP contribution in [0.5, 0.6) is 5.75 Å². The third kappa shape index (κ3) is 5.98. The molecular formula is C25H29N3O4. The summed E-state index contributed by atoms with van der Waals surface area (Å²) in [5, 5.41) is 5.70. The van der Waals surface area contributed by atoms with Gasteiger partial charge < -0.3 is 19.8 Å². The predicted octanol–water partition coefficient (Wildman–Crippen LogP) is 4.24. The number of furan rings is 1. The first kappa shape index (κ1) is 23.1. The molecule has 0 saturated carbocycles. The standard InChI is InChI=1S/C25H29N3O4/c1-4-28(18(2)19-9-7-10-20(15-19)31-3)17-24(29)27-23-13-6-5-12-22(23)25(30)26-16-21-11-8-14-32-21/h5-15,18H,4,16-17H2,1-3H3,(H,26,30)(H,27,29). The molecule has 0 fully saturated rings. The molecule has 1 heterocycles. The fraction of sp³-hybridized carbons (Fsp3) is 0.280. The van der Waals surface area contributed by atoms with Crippen LogP contribution in [0.4, 0.5) is 5.69 Å². The molecule has 1 unspecified atom stereocenters. The number of amides is 2. The monoisotopic (exact) mass is 435 g/mol. The molecule has 1 aromatic heterocycles. The van der Waals surface area contributed by atoms with Gasteiger partial charge in [0.2, 0.25) is 5.91 Å². The van der Waals surface area contributed by atoms with E-state index in [4.69, 9.17) is 9.15 Å². The number of nitrogens with one attached hydrogen (secondary N) is 2. The van der Waals surface area contributed by atoms with Crippen LogP contribution in [0.15, 0.2) is 71.3 Å². The smallest absolute Gasteiger partial charge is 0.253 e. The van der Waals surface area contributed by atoms with Gasteiger partial charge in [-0.2, -0.15) is 0 Å². The largest absolute Gasteiger partial charge is 0.497 e. The van der Waals surface area contributed by atoms with E-state index in [1.54, 1.807) is 49.8 Å². The van der Waals surface area contributed by atoms with Gasteiger partial charge in [-0.15, -0.1) is 0 Å². The first-order chi connectivity index (χ1) is 15.5. The van der Waals surface area contributed by atoms with E-state index in [9.17, 15) is 9.59 Å². The van der Waals surface area contributed by atoms with E-state index < -0.39 is 0 Å². The number of anilines is 1. The molecule has 0 aliphatic heterocycles. The summed E-state index contributed by atoms with van der Waals surface area (Å²) in [6.07, 6.45) is 1.56. The van der Waals surface area contributed by atoms with Crippen LogP contribution in [0.2, 0.25) is 0 Å². The Labute approximate surface area is 188 Å². The topological polar surface area (TPSA) is 83.8 Å². The Bertz CT molecular complexity index is 1030. The molecular weight excluding hydrogens is 406 g/mol. The number of benzene rings is 2. The zero-order valence-electron chi connectivity index (χ0n) is 18.6. The van der Waals surface area contributed by atoms with Crippen molar-refractivity contribution in [1.82, 2.24) is 10.2 Å². The average molecular weight is 436 g/mol. The van der Waals surface area contributed by atoms with E-state index in [-0.39, 0.29) is 30.9 Å². The number of carbonyl (C=O) groups is 2. The highest BCUT2D eigenvalue weighted by Gasteiger charge is 2.19. The van der Waals surface area contributed by atoms with Crippen LogP contribution < -0.4 is 15.4 Å². The third-order valence-corrected chi connectivity index (χ3v) is 5.33. The molecule has 0 aliphatic rings. The maximum absolute atomic E-state index is 12.8. The Morgan fingerprint density at radius 3 is 2.62 bits per heavy atom. The second-order valence-electron chi connectivity index (χ2n) is 7.37. The van der Waals surface area contributed by atoms with Gasteiger partial charge in [0.1, 0.15) is 11.5 Å². The lowest BCUT2D eigenvalue weighted by Gasteiger charge is -2.28. The lowest BCUT2D eigenvalue weighted by molar-refractivity contribution is -0.117. The van der Waals surface area contributed by atoms with E-state index in [2.05, 4.69) is 22.5 Å². The van der Waals surface area contributed by atoms with Crippen molar-refractivity contribution in [2.24, 2.45) is 0 Å². The summed E-state index contributed by atoms with van der Waals surface area (Å²) in [4.78, 5) is 27.5. The van der Waals surface area contributed by atoms with Gasteiger partial charge in [-0.25, -0.2) is 0 Å². The molecule has 0 bridgehead atoms. The number of hydrogen-bond donors (Lipinski definition) is 2. The van der Waals surface area contributed by atoms with Crippen molar-refractivity contribution < 1.29 is 18.7 Å². The lowest BCUT2D eigenvalue weighted by atomic mass is 10.1. The second kappa shape index (κ2) is 11.2. The number of methoxy groups -OCH3 is 1. The molecule has 2 aromatic carbocycles. The number of likely N-dealkylation sites (N-methyl/N-ethyl adjacent to an activating group) is 1. The van der Waals surface area contributed by atoms with Crippen LogP contribution >= 0.6 is 0 Å². The molecule has 1 atom stereocenters. The van der Waals surface area contributed by atoms with Gasteiger partial charge in [0.15, 0.2) is 0 Å². The van der Waals surface area contributed by atoms with Crippen molar-refractivity contribution in [3.8, 4) is 5.75 Å². The lowest BCUT2D eigenvalue weighted by Crippen LogP contribution is -2.35. The zero-order chi connectivity index (χ0) is 22.9. The molecule has 0 aliphatic carbocycles. The molecule has 0 spiro atoms. The van der Waals surface area contributed by atoms with Crippen LogP contribution in [0.25, 0.3) is 0 Å². The van der Waals surface area contributed by atoms with Gasteiger partial charge in [-0.3, -0.25) is 14.5 Å². The molecule has 0 radical (unpaired) electrons. The number of nitrogens with zero attached hydrogens (tertiary/aromatic N) is 1. The Morgan fingerprint density at radius 1 is 1.09 bits per heavy atom. The fourth-order valence-electron chi connectivity index (χ4n) is 3.47. The van der Waals surface area contributed by atoms with E-state index in [0.29, 0.717) is 23.6 Å². The SMILES string of the molecule is CCN(CC(=O)Nc1ccccc1C(=O)NCc1ccco1)C(C)c1cccc(OC)c1. The van der Waals surface area contributed by atoms with Crippen molar-refractivity contribution in [3.63, 3.8) is 0 Å². The van der Waals surface area contributed by atoms with Gasteiger partial charge in [-0.05, 0) is 55.4 Å². The van der Waals surface area contributed by atoms with Gasteiger partial charge in [0, 0.05) is 6.04 Å². The van der Waals surface area contributed by atoms with Gasteiger partial charge in [-0.1, -0.05) is 31.2 Å². The molecule has 7 heteroatoms. The van der Waals surface area contributed by atoms with Gasteiger partial charge in [0.05, 0.1) is 37.7 Å². The molecule has 2 amide bonds. The second-order valence-corrected chi connectivity index (χ2v) is 7.37. The summed E-state index contributed by atoms with van der Waals surface area (Å²) < 4.78 is 10.6. The van der Waals surface area contributed by atoms with Crippen LogP contribution in [0.1, 0.15) is 41.6 Å². The van der Waals surface area contributed by atoms with Gasteiger partial charge in [0.25, 0.3) is 5.91 Å². The van der Waals surface area contributed by atoms with Crippen molar-refractivity contribution in [2.45, 2.75) is 26.4 Å². The van der Waals surface area contributed by atoms with E-state index >= 15 is 0 Å². The summed E-state index contributed by atoms with van der Waals surface area (Å²) in [7, 11) is 1.64. The van der Waals surface area contributed by atoms with Crippen molar-refractivity contribution in [3.05, 3.63) is 83.8 Å². The summed E-state index contributed by atoms with van der Waals surface area (Å²) in [6, 6.07) is 18.4. The van der Waals surface area contributed by atoms with Crippen molar-refractivity contribution in [2.75, 3.05) is 25.5 Å². The van der Waals surface area contributed by atoms with Crippen LogP contribution in [-0.2, 0) is 11.3 Å². The predicted molar refractivity (Wildman–Crippen MR) is 124 cm³/mol. The number of para-hydroxylation sites is 1. The number of rotatable bonds is 10. The van der Waals surface area contributed by atoms with E-state index in [1.807, 2.05) is 31.2 Å². The number of hydrogen-bond acceptors (Lipinski definition) is 5. The molecule has 2 N–H and O–H groups in total. The summed E-state index contributed by atoms with van der Waals surface area (Å²) in [6.45, 7) is 5.23. The Kier molecular flexibility index (Phi) is 8.05. The van der Waals surface area contributed by atoms with Crippen molar-refractivity contribution in [1.29, 1.82) is 0 Å². The molecule has 3 aromatic rings. The highest BCUT2D eigenvalue weighted by atomic mass is 16.5. The van der Waals surface area contributed by atoms with Crippen molar-refractivity contribution >= 4 is 17.5 Å². The third-order valence-electron chi connectivity index (χ3n) is 5.33. The molecule has 168 valence electrons. The Morgan fingerprint density at radius 2 is 1.91 bits per heavy atom. The molecule has 7 nitrogen and oxygen atoms in total. The minimum absolute atomic E-state index is 0.0210. The average Bonchev–Trinajstić information content (AvgIpc) is 3.34. The number of carbonyl (C=O) groups excluding carboxylic acids is 2. The Hall–Kier alpha value is -3.58. The zero-order valence-corrected chi connectivity index (χ0v) is 18.6. The van der Waals surface area contributed by atoms with Crippen LogP contribution in [0, 0.1) is 0 Å². The Balaban J connectivity index is 1.65. The summed E-state index contributed by atoms with van der Waals surface area (Å²) >= 11 is 0. The normalized spacial score (nSPS) is 11.8. The summed E-state index contributed by atoms with van der Waals surface area (Å²) in [5.41, 5.74) is 1.94. The van der Waals surface area contributed by atoms with E-state index in [1.165, 1.54) is 0 Å². The maximum atomic E-state index is 12.8. The first-order valence-corrected chi connectivity index (χ1v) is 10.6. The van der Waals surface area contributed by atoms with E-state index in [0.717, 1.165) is 11.3 Å². The molecule has 0 saturated heterocycles. The van der Waals surface area contributed by atoms with Gasteiger partial charge >= 0.3 is 0 Å². The maximum Gasteiger partial charge on any atom is 0.253 e. The highest BCUT2D eigenvalue weighted by Crippen LogP contribution is 2.24. The minimum atomic E-state index is -0.283. The number of ether oxygens (including phenoxy) is 1. The highest BCUT2D eigenvalue weighted by molar-refractivity contribution is 6.04. The molecule has 32 heavy (non-hydrogen) atoms. The summed E-state index contributed by atoms with van der Waals surface area (Å²) in [5.74, 6) is 0.969. The van der Waals surface area contributed by atoms with Crippen LogP contribution in [-0.4, -0.2) is 36.9 Å². The fourth-order valence-corrected chi connectivity index (χ4v) is 3.47. The van der Waals surface area contributed by atoms with Crippen LogP contribution in [0.3, 0.4) is 0 Å². The quantitative estimate of drug-likeness (QED) is 0.498. The minimum Gasteiger partial charge on any atom is -0.497 e. The molecule has 3 rings (SSSR count). The first-order valence-electron chi connectivity index (χ1n) is 10.6.